The summed E-state index contributed by atoms with van der Waals surface area (Å²) < 4.78 is 5.37. The van der Waals surface area contributed by atoms with Crippen molar-refractivity contribution in [1.82, 2.24) is 14.9 Å². The van der Waals surface area contributed by atoms with Crippen LogP contribution in [0.25, 0.3) is 0 Å². The van der Waals surface area contributed by atoms with Gasteiger partial charge in [-0.05, 0) is 32.0 Å². The van der Waals surface area contributed by atoms with Crippen molar-refractivity contribution in [2.24, 2.45) is 0 Å². The SMILES string of the molecule is CCOc1ccc(C(=O)N(CCO)Cc2nc[nH]c2C)cc1Cl. The average molecular weight is 338 g/mol. The predicted octanol–water partition coefficient (Wildman–Crippen LogP) is 2.40. The van der Waals surface area contributed by atoms with Crippen LogP contribution in [0.3, 0.4) is 0 Å². The van der Waals surface area contributed by atoms with Gasteiger partial charge in [0, 0.05) is 17.8 Å². The van der Waals surface area contributed by atoms with Gasteiger partial charge in [-0.3, -0.25) is 4.79 Å². The Labute approximate surface area is 140 Å². The second-order valence-electron chi connectivity index (χ2n) is 5.00. The third-order valence-corrected chi connectivity index (χ3v) is 3.71. The molecular weight excluding hydrogens is 318 g/mol. The molecule has 2 rings (SSSR count). The number of carbonyl (C=O) groups excluding carboxylic acids is 1. The summed E-state index contributed by atoms with van der Waals surface area (Å²) in [5.41, 5.74) is 2.11. The number of aromatic amines is 1. The number of benzene rings is 1. The Balaban J connectivity index is 2.20. The molecule has 6 nitrogen and oxygen atoms in total. The molecule has 0 unspecified atom stereocenters. The van der Waals surface area contributed by atoms with Gasteiger partial charge in [0.25, 0.3) is 5.91 Å². The summed E-state index contributed by atoms with van der Waals surface area (Å²) in [6, 6.07) is 4.92. The lowest BCUT2D eigenvalue weighted by Gasteiger charge is -2.21. The fourth-order valence-corrected chi connectivity index (χ4v) is 2.42. The van der Waals surface area contributed by atoms with Crippen molar-refractivity contribution >= 4 is 17.5 Å². The number of ether oxygens (including phenoxy) is 1. The maximum atomic E-state index is 12.7. The number of H-pyrrole nitrogens is 1. The van der Waals surface area contributed by atoms with Crippen molar-refractivity contribution in [3.05, 3.63) is 46.5 Å². The minimum atomic E-state index is -0.216. The van der Waals surface area contributed by atoms with Crippen molar-refractivity contribution in [3.8, 4) is 5.75 Å². The molecule has 2 aromatic rings. The Hall–Kier alpha value is -2.05. The van der Waals surface area contributed by atoms with Gasteiger partial charge >= 0.3 is 0 Å². The van der Waals surface area contributed by atoms with Crippen molar-refractivity contribution < 1.29 is 14.6 Å². The second-order valence-corrected chi connectivity index (χ2v) is 5.41. The lowest BCUT2D eigenvalue weighted by atomic mass is 10.1. The number of aliphatic hydroxyl groups is 1. The monoisotopic (exact) mass is 337 g/mol. The number of halogens is 1. The summed E-state index contributed by atoms with van der Waals surface area (Å²) in [6.45, 7) is 4.67. The van der Waals surface area contributed by atoms with Crippen LogP contribution in [0.1, 0.15) is 28.7 Å². The van der Waals surface area contributed by atoms with Gasteiger partial charge < -0.3 is 19.7 Å². The van der Waals surface area contributed by atoms with Gasteiger partial charge in [0.15, 0.2) is 0 Å². The van der Waals surface area contributed by atoms with Crippen LogP contribution in [0.5, 0.6) is 5.75 Å². The van der Waals surface area contributed by atoms with Crippen LogP contribution in [0.15, 0.2) is 24.5 Å². The van der Waals surface area contributed by atoms with Crippen LogP contribution >= 0.6 is 11.6 Å². The van der Waals surface area contributed by atoms with Gasteiger partial charge in [-0.25, -0.2) is 4.98 Å². The highest BCUT2D eigenvalue weighted by molar-refractivity contribution is 6.32. The van der Waals surface area contributed by atoms with E-state index in [1.807, 2.05) is 13.8 Å². The van der Waals surface area contributed by atoms with Gasteiger partial charge in [0.1, 0.15) is 5.75 Å². The summed E-state index contributed by atoms with van der Waals surface area (Å²) in [7, 11) is 0. The maximum absolute atomic E-state index is 12.7. The number of aryl methyl sites for hydroxylation is 1. The van der Waals surface area contributed by atoms with Gasteiger partial charge in [0.2, 0.25) is 0 Å². The van der Waals surface area contributed by atoms with Gasteiger partial charge in [-0.15, -0.1) is 0 Å². The standard InChI is InChI=1S/C16H20ClN3O3/c1-3-23-15-5-4-12(8-13(15)17)16(22)20(6-7-21)9-14-11(2)18-10-19-14/h4-5,8,10,21H,3,6-7,9H2,1-2H3,(H,18,19). The van der Waals surface area contributed by atoms with Crippen molar-refractivity contribution in [2.75, 3.05) is 19.8 Å². The number of hydrogen-bond donors (Lipinski definition) is 2. The summed E-state index contributed by atoms with van der Waals surface area (Å²) >= 11 is 6.14. The number of nitrogens with zero attached hydrogens (tertiary/aromatic N) is 2. The van der Waals surface area contributed by atoms with E-state index < -0.39 is 0 Å². The molecule has 0 aliphatic carbocycles. The Kier molecular flexibility index (Phi) is 6.01. The zero-order valence-corrected chi connectivity index (χ0v) is 13.9. The third kappa shape index (κ3) is 4.24. The van der Waals surface area contributed by atoms with E-state index in [1.165, 1.54) is 4.90 Å². The Morgan fingerprint density at radius 1 is 1.48 bits per heavy atom. The summed E-state index contributed by atoms with van der Waals surface area (Å²) in [5, 5.41) is 9.62. The first-order chi connectivity index (χ1) is 11.1. The first-order valence-corrected chi connectivity index (χ1v) is 7.76. The number of amides is 1. The van der Waals surface area contributed by atoms with Gasteiger partial charge in [-0.1, -0.05) is 11.6 Å². The highest BCUT2D eigenvalue weighted by Gasteiger charge is 2.18. The first-order valence-electron chi connectivity index (χ1n) is 7.38. The maximum Gasteiger partial charge on any atom is 0.254 e. The molecule has 0 bridgehead atoms. The zero-order valence-electron chi connectivity index (χ0n) is 13.2. The van der Waals surface area contributed by atoms with Gasteiger partial charge in [-0.2, -0.15) is 0 Å². The molecule has 7 heteroatoms. The molecule has 2 N–H and O–H groups in total. The molecule has 0 saturated carbocycles. The largest absolute Gasteiger partial charge is 0.492 e. The van der Waals surface area contributed by atoms with Crippen molar-refractivity contribution in [3.63, 3.8) is 0 Å². The quantitative estimate of drug-likeness (QED) is 0.813. The first kappa shape index (κ1) is 17.3. The van der Waals surface area contributed by atoms with E-state index in [0.717, 1.165) is 11.4 Å². The summed E-state index contributed by atoms with van der Waals surface area (Å²) in [5.74, 6) is 0.328. The number of rotatable bonds is 7. The van der Waals surface area contributed by atoms with Crippen LogP contribution in [-0.2, 0) is 6.54 Å². The molecule has 0 saturated heterocycles. The van der Waals surface area contributed by atoms with Crippen molar-refractivity contribution in [2.45, 2.75) is 20.4 Å². The second kappa shape index (κ2) is 7.99. The highest BCUT2D eigenvalue weighted by atomic mass is 35.5. The Morgan fingerprint density at radius 3 is 2.83 bits per heavy atom. The minimum Gasteiger partial charge on any atom is -0.492 e. The number of imidazole rings is 1. The molecule has 0 spiro atoms. The number of nitrogens with one attached hydrogen (secondary N) is 1. The molecule has 1 amide bonds. The Bertz CT molecular complexity index is 672. The van der Waals surface area contributed by atoms with E-state index in [4.69, 9.17) is 16.3 Å². The number of aliphatic hydroxyl groups excluding tert-OH is 1. The average Bonchev–Trinajstić information content (AvgIpc) is 2.93. The molecule has 1 aromatic heterocycles. The van der Waals surface area contributed by atoms with E-state index >= 15 is 0 Å². The summed E-state index contributed by atoms with van der Waals surface area (Å²) in [4.78, 5) is 21.4. The molecule has 1 heterocycles. The molecule has 0 fully saturated rings. The van der Waals surface area contributed by atoms with Crippen LogP contribution in [0.2, 0.25) is 5.02 Å². The van der Waals surface area contributed by atoms with E-state index in [9.17, 15) is 9.90 Å². The molecule has 23 heavy (non-hydrogen) atoms. The van der Waals surface area contributed by atoms with E-state index in [1.54, 1.807) is 24.5 Å². The van der Waals surface area contributed by atoms with E-state index in [2.05, 4.69) is 9.97 Å². The van der Waals surface area contributed by atoms with Crippen LogP contribution < -0.4 is 4.74 Å². The van der Waals surface area contributed by atoms with E-state index in [-0.39, 0.29) is 19.1 Å². The zero-order chi connectivity index (χ0) is 16.8. The highest BCUT2D eigenvalue weighted by Crippen LogP contribution is 2.26. The molecule has 1 aromatic carbocycles. The minimum absolute atomic E-state index is 0.125. The predicted molar refractivity (Wildman–Crippen MR) is 87.8 cm³/mol. The fourth-order valence-electron chi connectivity index (χ4n) is 2.19. The normalized spacial score (nSPS) is 10.6. The van der Waals surface area contributed by atoms with Crippen LogP contribution in [0, 0.1) is 6.92 Å². The van der Waals surface area contributed by atoms with Crippen molar-refractivity contribution in [1.29, 1.82) is 0 Å². The lowest BCUT2D eigenvalue weighted by molar-refractivity contribution is 0.0705. The Morgan fingerprint density at radius 2 is 2.26 bits per heavy atom. The fraction of sp³-hybridized carbons (Fsp3) is 0.375. The number of hydrogen-bond acceptors (Lipinski definition) is 4. The topological polar surface area (TPSA) is 78.4 Å². The number of carbonyl (C=O) groups is 1. The van der Waals surface area contributed by atoms with Gasteiger partial charge in [0.05, 0.1) is 36.8 Å². The lowest BCUT2D eigenvalue weighted by Crippen LogP contribution is -2.33. The molecule has 0 atom stereocenters. The molecule has 0 aliphatic rings. The summed E-state index contributed by atoms with van der Waals surface area (Å²) in [6.07, 6.45) is 1.58. The van der Waals surface area contributed by atoms with Crippen LogP contribution in [-0.4, -0.2) is 45.6 Å². The number of aromatic nitrogens is 2. The third-order valence-electron chi connectivity index (χ3n) is 3.41. The molecule has 124 valence electrons. The molecule has 0 aliphatic heterocycles. The molecular formula is C16H20ClN3O3. The smallest absolute Gasteiger partial charge is 0.254 e. The molecule has 0 radical (unpaired) electrons. The van der Waals surface area contributed by atoms with E-state index in [0.29, 0.717) is 29.5 Å². The van der Waals surface area contributed by atoms with Crippen LogP contribution in [0.4, 0.5) is 0 Å².